The minimum absolute atomic E-state index is 0.0607. The Balaban J connectivity index is 2.76. The first-order chi connectivity index (χ1) is 7.54. The van der Waals surface area contributed by atoms with Crippen LogP contribution in [-0.4, -0.2) is 22.1 Å². The Labute approximate surface area is 104 Å². The zero-order chi connectivity index (χ0) is 12.1. The first kappa shape index (κ1) is 13.2. The molecule has 1 amide bonds. The molecule has 0 bridgehead atoms. The van der Waals surface area contributed by atoms with Crippen LogP contribution in [0.1, 0.15) is 37.0 Å². The van der Waals surface area contributed by atoms with Gasteiger partial charge in [0.15, 0.2) is 10.3 Å². The van der Waals surface area contributed by atoms with Gasteiger partial charge in [0.25, 0.3) is 5.91 Å². The van der Waals surface area contributed by atoms with E-state index in [0.717, 1.165) is 12.8 Å². The first-order valence-electron chi connectivity index (χ1n) is 5.04. The molecule has 1 atom stereocenters. The van der Waals surface area contributed by atoms with E-state index in [-0.39, 0.29) is 27.8 Å². The molecule has 0 radical (unpaired) electrons. The number of halogens is 2. The maximum absolute atomic E-state index is 11.8. The lowest BCUT2D eigenvalue weighted by Gasteiger charge is -2.12. The highest BCUT2D eigenvalue weighted by atomic mass is 35.5. The van der Waals surface area contributed by atoms with Crippen LogP contribution < -0.4 is 5.32 Å². The standard InChI is InChI=1S/C10H13Cl2N3O/c1-3-4-6(2)13-10(16)7-5-8(11)14-15-9(7)12/h5-6H,3-4H2,1-2H3,(H,13,16). The monoisotopic (exact) mass is 261 g/mol. The van der Waals surface area contributed by atoms with E-state index in [4.69, 9.17) is 23.2 Å². The molecule has 0 aromatic carbocycles. The molecule has 1 aromatic rings. The minimum atomic E-state index is -0.275. The summed E-state index contributed by atoms with van der Waals surface area (Å²) in [4.78, 5) is 11.8. The van der Waals surface area contributed by atoms with Crippen molar-refractivity contribution in [2.24, 2.45) is 0 Å². The lowest BCUT2D eigenvalue weighted by Crippen LogP contribution is -2.32. The highest BCUT2D eigenvalue weighted by Crippen LogP contribution is 2.15. The van der Waals surface area contributed by atoms with Crippen LogP contribution in [0.15, 0.2) is 6.07 Å². The molecule has 1 rings (SSSR count). The molecule has 4 nitrogen and oxygen atoms in total. The lowest BCUT2D eigenvalue weighted by molar-refractivity contribution is 0.0938. The zero-order valence-corrected chi connectivity index (χ0v) is 10.6. The fraction of sp³-hybridized carbons (Fsp3) is 0.500. The Bertz CT molecular complexity index is 384. The summed E-state index contributed by atoms with van der Waals surface area (Å²) in [6.07, 6.45) is 1.92. The number of nitrogens with one attached hydrogen (secondary N) is 1. The van der Waals surface area contributed by atoms with Crippen molar-refractivity contribution in [2.75, 3.05) is 0 Å². The Morgan fingerprint density at radius 2 is 2.19 bits per heavy atom. The number of nitrogens with zero attached hydrogens (tertiary/aromatic N) is 2. The summed E-state index contributed by atoms with van der Waals surface area (Å²) in [5.74, 6) is -0.275. The summed E-state index contributed by atoms with van der Waals surface area (Å²) in [5.41, 5.74) is 0.254. The summed E-state index contributed by atoms with van der Waals surface area (Å²) in [7, 11) is 0. The van der Waals surface area contributed by atoms with Gasteiger partial charge in [0.05, 0.1) is 5.56 Å². The van der Waals surface area contributed by atoms with Gasteiger partial charge in [-0.1, -0.05) is 36.5 Å². The summed E-state index contributed by atoms with van der Waals surface area (Å²) in [6.45, 7) is 3.99. The molecule has 0 aliphatic rings. The summed E-state index contributed by atoms with van der Waals surface area (Å²) in [5, 5.41) is 10.1. The van der Waals surface area contributed by atoms with Crippen molar-refractivity contribution in [3.05, 3.63) is 21.9 Å². The largest absolute Gasteiger partial charge is 0.349 e. The SMILES string of the molecule is CCCC(C)NC(=O)c1cc(Cl)nnc1Cl. The molecule has 16 heavy (non-hydrogen) atoms. The molecule has 1 N–H and O–H groups in total. The molecule has 0 aliphatic heterocycles. The van der Waals surface area contributed by atoms with Gasteiger partial charge in [-0.15, -0.1) is 10.2 Å². The number of hydrogen-bond acceptors (Lipinski definition) is 3. The summed E-state index contributed by atoms with van der Waals surface area (Å²) in [6, 6.07) is 1.51. The second-order valence-electron chi connectivity index (χ2n) is 3.53. The second kappa shape index (κ2) is 6.01. The molecular formula is C10H13Cl2N3O. The predicted molar refractivity (Wildman–Crippen MR) is 63.9 cm³/mol. The van der Waals surface area contributed by atoms with Crippen LogP contribution >= 0.6 is 23.2 Å². The zero-order valence-electron chi connectivity index (χ0n) is 9.13. The van der Waals surface area contributed by atoms with Crippen molar-refractivity contribution in [1.82, 2.24) is 15.5 Å². The third-order valence-corrected chi connectivity index (χ3v) is 2.53. The van der Waals surface area contributed by atoms with E-state index in [1.165, 1.54) is 6.07 Å². The van der Waals surface area contributed by atoms with Crippen molar-refractivity contribution in [2.45, 2.75) is 32.7 Å². The second-order valence-corrected chi connectivity index (χ2v) is 4.28. The van der Waals surface area contributed by atoms with Crippen LogP contribution in [0.5, 0.6) is 0 Å². The van der Waals surface area contributed by atoms with Gasteiger partial charge in [0, 0.05) is 6.04 Å². The van der Waals surface area contributed by atoms with Crippen LogP contribution in [0.2, 0.25) is 10.3 Å². The molecule has 0 saturated carbocycles. The average Bonchev–Trinajstić information content (AvgIpc) is 2.21. The Morgan fingerprint density at radius 3 is 2.81 bits per heavy atom. The van der Waals surface area contributed by atoms with E-state index < -0.39 is 0 Å². The topological polar surface area (TPSA) is 54.9 Å². The molecule has 6 heteroatoms. The lowest BCUT2D eigenvalue weighted by atomic mass is 10.2. The first-order valence-corrected chi connectivity index (χ1v) is 5.79. The Morgan fingerprint density at radius 1 is 1.50 bits per heavy atom. The Kier molecular flexibility index (Phi) is 4.96. The maximum Gasteiger partial charge on any atom is 0.254 e. The maximum atomic E-state index is 11.8. The van der Waals surface area contributed by atoms with Crippen molar-refractivity contribution in [1.29, 1.82) is 0 Å². The fourth-order valence-electron chi connectivity index (χ4n) is 1.32. The predicted octanol–water partition coefficient (Wildman–Crippen LogP) is 2.70. The number of aromatic nitrogens is 2. The van der Waals surface area contributed by atoms with Crippen molar-refractivity contribution < 1.29 is 4.79 Å². The molecular weight excluding hydrogens is 249 g/mol. The highest BCUT2D eigenvalue weighted by molar-refractivity contribution is 6.34. The molecule has 1 unspecified atom stereocenters. The number of carbonyl (C=O) groups is 1. The van der Waals surface area contributed by atoms with E-state index in [2.05, 4.69) is 22.4 Å². The normalized spacial score (nSPS) is 12.2. The molecule has 0 fully saturated rings. The van der Waals surface area contributed by atoms with E-state index in [1.807, 2.05) is 6.92 Å². The van der Waals surface area contributed by atoms with E-state index >= 15 is 0 Å². The quantitative estimate of drug-likeness (QED) is 0.907. The van der Waals surface area contributed by atoms with Gasteiger partial charge in [-0.25, -0.2) is 0 Å². The Hall–Kier alpha value is -0.870. The molecule has 88 valence electrons. The summed E-state index contributed by atoms with van der Waals surface area (Å²) >= 11 is 11.4. The van der Waals surface area contributed by atoms with Crippen LogP contribution in [0.3, 0.4) is 0 Å². The van der Waals surface area contributed by atoms with Gasteiger partial charge in [-0.05, 0) is 19.4 Å². The van der Waals surface area contributed by atoms with E-state index in [0.29, 0.717) is 0 Å². The van der Waals surface area contributed by atoms with Gasteiger partial charge >= 0.3 is 0 Å². The van der Waals surface area contributed by atoms with Crippen LogP contribution in [0.4, 0.5) is 0 Å². The van der Waals surface area contributed by atoms with Crippen LogP contribution in [-0.2, 0) is 0 Å². The third-order valence-electron chi connectivity index (χ3n) is 2.06. The number of amides is 1. The highest BCUT2D eigenvalue weighted by Gasteiger charge is 2.14. The summed E-state index contributed by atoms with van der Waals surface area (Å²) < 4.78 is 0. The average molecular weight is 262 g/mol. The van der Waals surface area contributed by atoms with Gasteiger partial charge in [0.1, 0.15) is 0 Å². The molecule has 1 heterocycles. The number of hydrogen-bond donors (Lipinski definition) is 1. The van der Waals surface area contributed by atoms with Gasteiger partial charge in [0.2, 0.25) is 0 Å². The number of rotatable bonds is 4. The van der Waals surface area contributed by atoms with Crippen LogP contribution in [0.25, 0.3) is 0 Å². The molecule has 0 saturated heterocycles. The third kappa shape index (κ3) is 3.61. The van der Waals surface area contributed by atoms with E-state index in [9.17, 15) is 4.79 Å². The van der Waals surface area contributed by atoms with Crippen LogP contribution in [0, 0.1) is 0 Å². The molecule has 1 aromatic heterocycles. The number of carbonyl (C=O) groups excluding carboxylic acids is 1. The molecule has 0 spiro atoms. The van der Waals surface area contributed by atoms with Crippen molar-refractivity contribution in [3.63, 3.8) is 0 Å². The smallest absolute Gasteiger partial charge is 0.254 e. The van der Waals surface area contributed by atoms with E-state index in [1.54, 1.807) is 0 Å². The molecule has 0 aliphatic carbocycles. The van der Waals surface area contributed by atoms with Crippen molar-refractivity contribution >= 4 is 29.1 Å². The van der Waals surface area contributed by atoms with Gasteiger partial charge in [-0.2, -0.15) is 0 Å². The minimum Gasteiger partial charge on any atom is -0.349 e. The van der Waals surface area contributed by atoms with Gasteiger partial charge < -0.3 is 5.32 Å². The fourth-order valence-corrected chi connectivity index (χ4v) is 1.64. The van der Waals surface area contributed by atoms with Crippen molar-refractivity contribution in [3.8, 4) is 0 Å². The van der Waals surface area contributed by atoms with Gasteiger partial charge in [-0.3, -0.25) is 4.79 Å².